The third-order valence-electron chi connectivity index (χ3n) is 5.44. The molecular weight excluding hydrogens is 234 g/mol. The number of hydrogen-bond acceptors (Lipinski definition) is 2. The Labute approximate surface area is 119 Å². The molecule has 4 unspecified atom stereocenters. The van der Waals surface area contributed by atoms with Crippen molar-refractivity contribution in [2.75, 3.05) is 6.54 Å². The third-order valence-corrected chi connectivity index (χ3v) is 5.44. The lowest BCUT2D eigenvalue weighted by molar-refractivity contribution is -0.0171. The summed E-state index contributed by atoms with van der Waals surface area (Å²) in [7, 11) is 0. The molecule has 0 aromatic carbocycles. The smallest absolute Gasteiger partial charge is 0.0774 e. The zero-order valence-electron chi connectivity index (χ0n) is 13.1. The number of rotatable bonds is 4. The fourth-order valence-electron chi connectivity index (χ4n) is 4.32. The van der Waals surface area contributed by atoms with E-state index in [9.17, 15) is 5.11 Å². The van der Waals surface area contributed by atoms with Gasteiger partial charge in [0.1, 0.15) is 0 Å². The fourth-order valence-corrected chi connectivity index (χ4v) is 4.32. The summed E-state index contributed by atoms with van der Waals surface area (Å²) in [6.07, 6.45) is 9.87. The molecule has 2 N–H and O–H groups in total. The Bertz CT molecular complexity index is 278. The summed E-state index contributed by atoms with van der Waals surface area (Å²) in [5.41, 5.74) is -0.434. The van der Waals surface area contributed by atoms with Gasteiger partial charge in [0.05, 0.1) is 5.60 Å². The maximum Gasteiger partial charge on any atom is 0.0774 e. The molecule has 112 valence electrons. The molecule has 2 rings (SSSR count). The van der Waals surface area contributed by atoms with Gasteiger partial charge in [0.25, 0.3) is 0 Å². The summed E-state index contributed by atoms with van der Waals surface area (Å²) < 4.78 is 0. The molecule has 0 aliphatic heterocycles. The Morgan fingerprint density at radius 2 is 1.89 bits per heavy atom. The highest BCUT2D eigenvalue weighted by molar-refractivity contribution is 4.90. The van der Waals surface area contributed by atoms with E-state index >= 15 is 0 Å². The molecule has 2 aliphatic rings. The van der Waals surface area contributed by atoms with Crippen LogP contribution >= 0.6 is 0 Å². The SMILES string of the molecule is CC1CCCC(O)(CNC2CCCCC2C(C)C)C1. The summed E-state index contributed by atoms with van der Waals surface area (Å²) in [4.78, 5) is 0. The summed E-state index contributed by atoms with van der Waals surface area (Å²) in [5.74, 6) is 2.25. The first-order valence-corrected chi connectivity index (χ1v) is 8.46. The predicted molar refractivity (Wildman–Crippen MR) is 81.2 cm³/mol. The van der Waals surface area contributed by atoms with E-state index in [2.05, 4.69) is 26.1 Å². The highest BCUT2D eigenvalue weighted by Crippen LogP contribution is 2.34. The monoisotopic (exact) mass is 267 g/mol. The van der Waals surface area contributed by atoms with Crippen LogP contribution in [0.3, 0.4) is 0 Å². The molecule has 2 saturated carbocycles. The maximum absolute atomic E-state index is 10.7. The van der Waals surface area contributed by atoms with Gasteiger partial charge >= 0.3 is 0 Å². The van der Waals surface area contributed by atoms with Crippen molar-refractivity contribution in [3.05, 3.63) is 0 Å². The molecule has 2 nitrogen and oxygen atoms in total. The van der Waals surface area contributed by atoms with Crippen molar-refractivity contribution < 1.29 is 5.11 Å². The maximum atomic E-state index is 10.7. The highest BCUT2D eigenvalue weighted by atomic mass is 16.3. The second-order valence-corrected chi connectivity index (χ2v) is 7.61. The van der Waals surface area contributed by atoms with Gasteiger partial charge in [-0.1, -0.05) is 46.5 Å². The van der Waals surface area contributed by atoms with Crippen LogP contribution < -0.4 is 5.32 Å². The molecule has 0 heterocycles. The van der Waals surface area contributed by atoms with Crippen molar-refractivity contribution >= 4 is 0 Å². The summed E-state index contributed by atoms with van der Waals surface area (Å²) in [5, 5.41) is 14.5. The number of aliphatic hydroxyl groups is 1. The van der Waals surface area contributed by atoms with Crippen LogP contribution in [0.1, 0.15) is 72.1 Å². The minimum atomic E-state index is -0.434. The van der Waals surface area contributed by atoms with Crippen LogP contribution in [0.15, 0.2) is 0 Å². The summed E-state index contributed by atoms with van der Waals surface area (Å²) >= 11 is 0. The molecule has 0 aromatic heterocycles. The van der Waals surface area contributed by atoms with Gasteiger partial charge in [0, 0.05) is 12.6 Å². The quantitative estimate of drug-likeness (QED) is 0.813. The Hall–Kier alpha value is -0.0800. The van der Waals surface area contributed by atoms with Gasteiger partial charge in [-0.15, -0.1) is 0 Å². The van der Waals surface area contributed by atoms with Crippen molar-refractivity contribution in [3.8, 4) is 0 Å². The van der Waals surface area contributed by atoms with Crippen molar-refractivity contribution in [2.45, 2.75) is 83.8 Å². The molecule has 4 atom stereocenters. The van der Waals surface area contributed by atoms with Gasteiger partial charge < -0.3 is 10.4 Å². The van der Waals surface area contributed by atoms with Gasteiger partial charge in [-0.3, -0.25) is 0 Å². The number of nitrogens with one attached hydrogen (secondary N) is 1. The van der Waals surface area contributed by atoms with E-state index < -0.39 is 5.60 Å². The van der Waals surface area contributed by atoms with Gasteiger partial charge in [0.2, 0.25) is 0 Å². The summed E-state index contributed by atoms with van der Waals surface area (Å²) in [6.45, 7) is 7.79. The minimum Gasteiger partial charge on any atom is -0.389 e. The molecule has 0 saturated heterocycles. The lowest BCUT2D eigenvalue weighted by Gasteiger charge is -2.40. The second-order valence-electron chi connectivity index (χ2n) is 7.61. The average Bonchev–Trinajstić information content (AvgIpc) is 2.36. The van der Waals surface area contributed by atoms with Gasteiger partial charge in [-0.2, -0.15) is 0 Å². The van der Waals surface area contributed by atoms with E-state index in [1.807, 2.05) is 0 Å². The van der Waals surface area contributed by atoms with Crippen molar-refractivity contribution in [3.63, 3.8) is 0 Å². The van der Waals surface area contributed by atoms with Crippen molar-refractivity contribution in [1.29, 1.82) is 0 Å². The Kier molecular flexibility index (Phi) is 5.30. The van der Waals surface area contributed by atoms with Crippen molar-refractivity contribution in [1.82, 2.24) is 5.32 Å². The van der Waals surface area contributed by atoms with E-state index in [4.69, 9.17) is 0 Å². The average molecular weight is 267 g/mol. The third kappa shape index (κ3) is 4.19. The lowest BCUT2D eigenvalue weighted by atomic mass is 9.76. The first kappa shape index (κ1) is 15.3. The molecule has 19 heavy (non-hydrogen) atoms. The molecule has 0 bridgehead atoms. The Morgan fingerprint density at radius 1 is 1.16 bits per heavy atom. The van der Waals surface area contributed by atoms with Gasteiger partial charge in [0.15, 0.2) is 0 Å². The van der Waals surface area contributed by atoms with Gasteiger partial charge in [-0.05, 0) is 43.4 Å². The molecule has 2 fully saturated rings. The normalized spacial score (nSPS) is 40.6. The first-order chi connectivity index (χ1) is 9.00. The molecule has 2 heteroatoms. The Morgan fingerprint density at radius 3 is 2.58 bits per heavy atom. The molecule has 0 amide bonds. The van der Waals surface area contributed by atoms with E-state index in [0.29, 0.717) is 12.0 Å². The standard InChI is InChI=1S/C17H33NO/c1-13(2)15-8-4-5-9-16(15)18-12-17(19)10-6-7-14(3)11-17/h13-16,18-19H,4-12H2,1-3H3. The first-order valence-electron chi connectivity index (χ1n) is 8.46. The summed E-state index contributed by atoms with van der Waals surface area (Å²) in [6, 6.07) is 0.634. The molecule has 0 spiro atoms. The van der Waals surface area contributed by atoms with Crippen LogP contribution in [0.4, 0.5) is 0 Å². The van der Waals surface area contributed by atoms with Crippen LogP contribution in [-0.4, -0.2) is 23.3 Å². The zero-order valence-corrected chi connectivity index (χ0v) is 13.1. The van der Waals surface area contributed by atoms with Crippen LogP contribution in [-0.2, 0) is 0 Å². The van der Waals surface area contributed by atoms with E-state index in [-0.39, 0.29) is 0 Å². The number of hydrogen-bond donors (Lipinski definition) is 2. The fraction of sp³-hybridized carbons (Fsp3) is 1.00. The van der Waals surface area contributed by atoms with E-state index in [1.165, 1.54) is 38.5 Å². The van der Waals surface area contributed by atoms with E-state index in [0.717, 1.165) is 31.2 Å². The largest absolute Gasteiger partial charge is 0.389 e. The van der Waals surface area contributed by atoms with Crippen LogP contribution in [0.2, 0.25) is 0 Å². The van der Waals surface area contributed by atoms with Crippen molar-refractivity contribution in [2.24, 2.45) is 17.8 Å². The van der Waals surface area contributed by atoms with Crippen LogP contribution in [0, 0.1) is 17.8 Å². The topological polar surface area (TPSA) is 32.3 Å². The Balaban J connectivity index is 1.85. The predicted octanol–water partition coefficient (Wildman–Crippen LogP) is 3.73. The molecular formula is C17H33NO. The zero-order chi connectivity index (χ0) is 13.9. The van der Waals surface area contributed by atoms with Crippen LogP contribution in [0.5, 0.6) is 0 Å². The lowest BCUT2D eigenvalue weighted by Crippen LogP contribution is -2.50. The van der Waals surface area contributed by atoms with Crippen LogP contribution in [0.25, 0.3) is 0 Å². The van der Waals surface area contributed by atoms with E-state index in [1.54, 1.807) is 0 Å². The molecule has 0 radical (unpaired) electrons. The highest BCUT2D eigenvalue weighted by Gasteiger charge is 2.34. The molecule has 2 aliphatic carbocycles. The van der Waals surface area contributed by atoms with Gasteiger partial charge in [-0.25, -0.2) is 0 Å². The molecule has 0 aromatic rings. The minimum absolute atomic E-state index is 0.434. The second kappa shape index (κ2) is 6.58.